The largest absolute Gasteiger partial charge is 0.484 e. The predicted molar refractivity (Wildman–Crippen MR) is 95.2 cm³/mol. The molecule has 0 fully saturated rings. The molecule has 1 heterocycles. The van der Waals surface area contributed by atoms with Crippen molar-refractivity contribution >= 4 is 29.5 Å². The van der Waals surface area contributed by atoms with Gasteiger partial charge in [-0.15, -0.1) is 0 Å². The number of halogens is 1. The Morgan fingerprint density at radius 3 is 2.44 bits per heavy atom. The maximum absolute atomic E-state index is 11.7. The van der Waals surface area contributed by atoms with Crippen molar-refractivity contribution in [3.63, 3.8) is 0 Å². The van der Waals surface area contributed by atoms with E-state index in [1.165, 1.54) is 12.2 Å². The van der Waals surface area contributed by atoms with Gasteiger partial charge < -0.3 is 9.15 Å². The van der Waals surface area contributed by atoms with E-state index in [1.807, 2.05) is 13.8 Å². The Kier molecular flexibility index (Phi) is 6.25. The summed E-state index contributed by atoms with van der Waals surface area (Å²) in [4.78, 5) is 23.3. The third-order valence-electron chi connectivity index (χ3n) is 3.27. The molecular formula is C18H19ClN2O4. The van der Waals surface area contributed by atoms with E-state index in [9.17, 15) is 9.59 Å². The molecule has 0 radical (unpaired) electrons. The summed E-state index contributed by atoms with van der Waals surface area (Å²) in [5, 5.41) is 0.669. The molecule has 1 aromatic heterocycles. The highest BCUT2D eigenvalue weighted by atomic mass is 35.5. The second-order valence-electron chi connectivity index (χ2n) is 5.48. The van der Waals surface area contributed by atoms with E-state index < -0.39 is 11.8 Å². The molecule has 0 unspecified atom stereocenters. The Labute approximate surface area is 150 Å². The molecule has 0 spiro atoms. The SMILES string of the molecule is Cc1ccc(C=CC(=O)NNC(=O)COc2cc(C)c(Cl)c(C)c2)o1. The Morgan fingerprint density at radius 2 is 1.84 bits per heavy atom. The number of carbonyl (C=O) groups is 2. The second-order valence-corrected chi connectivity index (χ2v) is 5.86. The van der Waals surface area contributed by atoms with Crippen LogP contribution in [0, 0.1) is 20.8 Å². The molecular weight excluding hydrogens is 344 g/mol. The molecule has 132 valence electrons. The first-order chi connectivity index (χ1) is 11.8. The number of nitrogens with one attached hydrogen (secondary N) is 2. The topological polar surface area (TPSA) is 80.6 Å². The molecule has 2 aromatic rings. The van der Waals surface area contributed by atoms with Crippen molar-refractivity contribution in [2.75, 3.05) is 6.61 Å². The Bertz CT molecular complexity index is 788. The zero-order valence-corrected chi connectivity index (χ0v) is 14.9. The van der Waals surface area contributed by atoms with E-state index >= 15 is 0 Å². The lowest BCUT2D eigenvalue weighted by Crippen LogP contribution is -2.43. The maximum Gasteiger partial charge on any atom is 0.276 e. The quantitative estimate of drug-likeness (QED) is 0.632. The summed E-state index contributed by atoms with van der Waals surface area (Å²) in [5.74, 6) is 0.865. The highest BCUT2D eigenvalue weighted by Crippen LogP contribution is 2.25. The van der Waals surface area contributed by atoms with Crippen LogP contribution in [0.4, 0.5) is 0 Å². The summed E-state index contributed by atoms with van der Waals surface area (Å²) < 4.78 is 10.7. The molecule has 6 nitrogen and oxygen atoms in total. The van der Waals surface area contributed by atoms with E-state index in [-0.39, 0.29) is 6.61 Å². The lowest BCUT2D eigenvalue weighted by atomic mass is 10.1. The molecule has 0 saturated heterocycles. The first-order valence-electron chi connectivity index (χ1n) is 7.58. The maximum atomic E-state index is 11.7. The number of rotatable bonds is 5. The summed E-state index contributed by atoms with van der Waals surface area (Å²) in [6.07, 6.45) is 2.76. The van der Waals surface area contributed by atoms with Crippen LogP contribution in [0.25, 0.3) is 6.08 Å². The van der Waals surface area contributed by atoms with E-state index in [0.29, 0.717) is 16.5 Å². The van der Waals surface area contributed by atoms with Crippen LogP contribution in [0.1, 0.15) is 22.6 Å². The summed E-state index contributed by atoms with van der Waals surface area (Å²) in [5.41, 5.74) is 6.25. The van der Waals surface area contributed by atoms with E-state index in [1.54, 1.807) is 31.2 Å². The third kappa shape index (κ3) is 5.69. The lowest BCUT2D eigenvalue weighted by Gasteiger charge is -2.10. The van der Waals surface area contributed by atoms with Crippen molar-refractivity contribution < 1.29 is 18.7 Å². The van der Waals surface area contributed by atoms with Crippen LogP contribution in [0.15, 0.2) is 34.8 Å². The van der Waals surface area contributed by atoms with Crippen LogP contribution in [0.2, 0.25) is 5.02 Å². The average Bonchev–Trinajstić information content (AvgIpc) is 2.99. The van der Waals surface area contributed by atoms with Crippen LogP contribution < -0.4 is 15.6 Å². The first kappa shape index (κ1) is 18.6. The summed E-state index contributed by atoms with van der Waals surface area (Å²) in [6, 6.07) is 7.02. The molecule has 2 amide bonds. The smallest absolute Gasteiger partial charge is 0.276 e. The second kappa shape index (κ2) is 8.39. The fraction of sp³-hybridized carbons (Fsp3) is 0.222. The van der Waals surface area contributed by atoms with E-state index in [2.05, 4.69) is 10.9 Å². The number of amides is 2. The van der Waals surface area contributed by atoms with Gasteiger partial charge in [0.25, 0.3) is 11.8 Å². The van der Waals surface area contributed by atoms with Crippen LogP contribution >= 0.6 is 11.6 Å². The number of hydrogen-bond acceptors (Lipinski definition) is 4. The number of aryl methyl sites for hydroxylation is 3. The molecule has 0 bridgehead atoms. The highest BCUT2D eigenvalue weighted by molar-refractivity contribution is 6.32. The average molecular weight is 363 g/mol. The van der Waals surface area contributed by atoms with Gasteiger partial charge in [-0.25, -0.2) is 0 Å². The van der Waals surface area contributed by atoms with Gasteiger partial charge in [0.2, 0.25) is 0 Å². The molecule has 1 aromatic carbocycles. The van der Waals surface area contributed by atoms with Gasteiger partial charge in [-0.2, -0.15) is 0 Å². The van der Waals surface area contributed by atoms with Gasteiger partial charge in [0, 0.05) is 11.1 Å². The van der Waals surface area contributed by atoms with E-state index in [0.717, 1.165) is 16.9 Å². The number of hydrazine groups is 1. The summed E-state index contributed by atoms with van der Waals surface area (Å²) in [6.45, 7) is 5.29. The van der Waals surface area contributed by atoms with Crippen molar-refractivity contribution in [2.24, 2.45) is 0 Å². The van der Waals surface area contributed by atoms with Crippen molar-refractivity contribution in [1.29, 1.82) is 0 Å². The molecule has 0 atom stereocenters. The third-order valence-corrected chi connectivity index (χ3v) is 3.86. The van der Waals surface area contributed by atoms with Crippen LogP contribution in [0.3, 0.4) is 0 Å². The van der Waals surface area contributed by atoms with Crippen molar-refractivity contribution in [2.45, 2.75) is 20.8 Å². The van der Waals surface area contributed by atoms with Gasteiger partial charge >= 0.3 is 0 Å². The number of ether oxygens (including phenoxy) is 1. The zero-order chi connectivity index (χ0) is 18.4. The van der Waals surface area contributed by atoms with Crippen LogP contribution in [-0.2, 0) is 9.59 Å². The molecule has 2 rings (SSSR count). The van der Waals surface area contributed by atoms with Gasteiger partial charge in [0.1, 0.15) is 17.3 Å². The minimum atomic E-state index is -0.486. The Balaban J connectivity index is 1.77. The van der Waals surface area contributed by atoms with Gasteiger partial charge in [-0.3, -0.25) is 20.4 Å². The van der Waals surface area contributed by atoms with Crippen molar-refractivity contribution in [3.05, 3.63) is 58.0 Å². The molecule has 25 heavy (non-hydrogen) atoms. The van der Waals surface area contributed by atoms with Crippen LogP contribution in [-0.4, -0.2) is 18.4 Å². The Hall–Kier alpha value is -2.73. The van der Waals surface area contributed by atoms with Gasteiger partial charge in [-0.1, -0.05) is 11.6 Å². The number of benzene rings is 1. The van der Waals surface area contributed by atoms with Gasteiger partial charge in [0.05, 0.1) is 0 Å². The van der Waals surface area contributed by atoms with Crippen LogP contribution in [0.5, 0.6) is 5.75 Å². The first-order valence-corrected chi connectivity index (χ1v) is 7.96. The molecule has 2 N–H and O–H groups in total. The highest BCUT2D eigenvalue weighted by Gasteiger charge is 2.07. The van der Waals surface area contributed by atoms with Crippen molar-refractivity contribution in [3.8, 4) is 5.75 Å². The predicted octanol–water partition coefficient (Wildman–Crippen LogP) is 3.10. The monoisotopic (exact) mass is 362 g/mol. The standard InChI is InChI=1S/C18H19ClN2O4/c1-11-8-15(9-12(2)18(11)19)24-10-17(23)21-20-16(22)7-6-14-5-4-13(3)25-14/h4-9H,10H2,1-3H3,(H,20,22)(H,21,23). The molecule has 0 aliphatic rings. The Morgan fingerprint density at radius 1 is 1.16 bits per heavy atom. The summed E-state index contributed by atoms with van der Waals surface area (Å²) in [7, 11) is 0. The minimum absolute atomic E-state index is 0.234. The number of furan rings is 1. The summed E-state index contributed by atoms with van der Waals surface area (Å²) >= 11 is 6.08. The molecule has 7 heteroatoms. The van der Waals surface area contributed by atoms with Crippen molar-refractivity contribution in [1.82, 2.24) is 10.9 Å². The zero-order valence-electron chi connectivity index (χ0n) is 14.2. The van der Waals surface area contributed by atoms with Gasteiger partial charge in [-0.05, 0) is 62.2 Å². The fourth-order valence-electron chi connectivity index (χ4n) is 2.05. The van der Waals surface area contributed by atoms with E-state index in [4.69, 9.17) is 20.8 Å². The number of hydrogen-bond donors (Lipinski definition) is 2. The molecule has 0 aliphatic carbocycles. The normalized spacial score (nSPS) is 10.7. The number of carbonyl (C=O) groups excluding carboxylic acids is 2. The molecule has 0 saturated carbocycles. The van der Waals surface area contributed by atoms with Gasteiger partial charge in [0.15, 0.2) is 6.61 Å². The lowest BCUT2D eigenvalue weighted by molar-refractivity contribution is -0.128. The fourth-order valence-corrected chi connectivity index (χ4v) is 2.16. The minimum Gasteiger partial charge on any atom is -0.484 e. The molecule has 0 aliphatic heterocycles.